The number of carbonyl (C=O) groups excluding carboxylic acids is 2. The molecule has 0 aromatic carbocycles. The van der Waals surface area contributed by atoms with Crippen molar-refractivity contribution >= 4 is 12.2 Å². The maximum absolute atomic E-state index is 11.0. The van der Waals surface area contributed by atoms with Gasteiger partial charge < -0.3 is 15.0 Å². The van der Waals surface area contributed by atoms with Gasteiger partial charge in [0.1, 0.15) is 6.29 Å². The molecule has 0 radical (unpaired) electrons. The molecule has 0 spiro atoms. The maximum atomic E-state index is 11.0. The first-order chi connectivity index (χ1) is 7.33. The van der Waals surface area contributed by atoms with Gasteiger partial charge in [-0.15, -0.1) is 0 Å². The van der Waals surface area contributed by atoms with Crippen LogP contribution in [0.3, 0.4) is 0 Å². The predicted molar refractivity (Wildman–Crippen MR) is 58.6 cm³/mol. The molecular weight excluding hydrogens is 192 g/mol. The summed E-state index contributed by atoms with van der Waals surface area (Å²) in [6, 6.07) is 0. The van der Waals surface area contributed by atoms with E-state index in [1.54, 1.807) is 0 Å². The zero-order valence-corrected chi connectivity index (χ0v) is 9.21. The van der Waals surface area contributed by atoms with Crippen LogP contribution in [0.1, 0.15) is 32.1 Å². The molecule has 1 heterocycles. The summed E-state index contributed by atoms with van der Waals surface area (Å²) >= 11 is 0. The van der Waals surface area contributed by atoms with Crippen LogP contribution in [0.2, 0.25) is 0 Å². The number of nitrogens with zero attached hydrogens (tertiary/aromatic N) is 1. The summed E-state index contributed by atoms with van der Waals surface area (Å²) in [6.07, 6.45) is 5.81. The minimum absolute atomic E-state index is 0.0139. The molecule has 0 aromatic rings. The Bertz CT molecular complexity index is 199. The van der Waals surface area contributed by atoms with Crippen LogP contribution in [0.5, 0.6) is 0 Å². The number of carbonyl (C=O) groups is 2. The number of aldehydes is 1. The summed E-state index contributed by atoms with van der Waals surface area (Å²) in [6.45, 7) is 3.85. The standard InChI is InChI=1S/C11H20N2O2/c14-10-5-11(15)12-6-9-13-7-3-1-2-4-8-13/h10H,1-9H2,(H,12,15). The van der Waals surface area contributed by atoms with Gasteiger partial charge in [0, 0.05) is 13.1 Å². The van der Waals surface area contributed by atoms with Crippen LogP contribution in [0.15, 0.2) is 0 Å². The van der Waals surface area contributed by atoms with Gasteiger partial charge in [-0.3, -0.25) is 4.79 Å². The van der Waals surface area contributed by atoms with Crippen LogP contribution in [0.4, 0.5) is 0 Å². The zero-order chi connectivity index (χ0) is 10.9. The highest BCUT2D eigenvalue weighted by Crippen LogP contribution is 2.08. The van der Waals surface area contributed by atoms with Gasteiger partial charge >= 0.3 is 0 Å². The molecule has 1 amide bonds. The molecule has 1 saturated heterocycles. The van der Waals surface area contributed by atoms with Crippen molar-refractivity contribution in [1.82, 2.24) is 10.2 Å². The molecule has 0 unspecified atom stereocenters. The van der Waals surface area contributed by atoms with Crippen LogP contribution in [0, 0.1) is 0 Å². The summed E-state index contributed by atoms with van der Waals surface area (Å²) in [5.41, 5.74) is 0. The topological polar surface area (TPSA) is 49.4 Å². The first-order valence-electron chi connectivity index (χ1n) is 5.75. The monoisotopic (exact) mass is 212 g/mol. The second kappa shape index (κ2) is 7.40. The van der Waals surface area contributed by atoms with Crippen LogP contribution in [0.25, 0.3) is 0 Å². The van der Waals surface area contributed by atoms with E-state index in [9.17, 15) is 9.59 Å². The van der Waals surface area contributed by atoms with Crippen molar-refractivity contribution in [3.63, 3.8) is 0 Å². The second-order valence-corrected chi connectivity index (χ2v) is 3.98. The van der Waals surface area contributed by atoms with Crippen molar-refractivity contribution in [1.29, 1.82) is 0 Å². The van der Waals surface area contributed by atoms with Gasteiger partial charge in [0.15, 0.2) is 0 Å². The average molecular weight is 212 g/mol. The molecule has 1 N–H and O–H groups in total. The van der Waals surface area contributed by atoms with E-state index in [0.717, 1.165) is 19.6 Å². The Labute approximate surface area is 91.0 Å². The van der Waals surface area contributed by atoms with Crippen molar-refractivity contribution in [2.45, 2.75) is 32.1 Å². The van der Waals surface area contributed by atoms with E-state index in [1.807, 2.05) is 0 Å². The number of likely N-dealkylation sites (tertiary alicyclic amines) is 1. The fourth-order valence-electron chi connectivity index (χ4n) is 1.86. The van der Waals surface area contributed by atoms with Crippen molar-refractivity contribution in [2.75, 3.05) is 26.2 Å². The van der Waals surface area contributed by atoms with E-state index in [0.29, 0.717) is 12.8 Å². The number of amides is 1. The summed E-state index contributed by atoms with van der Waals surface area (Å²) in [4.78, 5) is 23.4. The first kappa shape index (κ1) is 12.2. The molecular formula is C11H20N2O2. The fraction of sp³-hybridized carbons (Fsp3) is 0.818. The molecule has 0 atom stereocenters. The summed E-state index contributed by atoms with van der Waals surface area (Å²) in [7, 11) is 0. The highest BCUT2D eigenvalue weighted by Gasteiger charge is 2.08. The Morgan fingerprint density at radius 2 is 1.87 bits per heavy atom. The van der Waals surface area contributed by atoms with Gasteiger partial charge in [-0.2, -0.15) is 0 Å². The molecule has 1 rings (SSSR count). The average Bonchev–Trinajstić information content (AvgIpc) is 2.47. The van der Waals surface area contributed by atoms with Crippen molar-refractivity contribution in [3.05, 3.63) is 0 Å². The molecule has 1 fully saturated rings. The smallest absolute Gasteiger partial charge is 0.227 e. The highest BCUT2D eigenvalue weighted by molar-refractivity contribution is 5.87. The Morgan fingerprint density at radius 3 is 2.47 bits per heavy atom. The van der Waals surface area contributed by atoms with E-state index >= 15 is 0 Å². The third-order valence-electron chi connectivity index (χ3n) is 2.72. The fourth-order valence-corrected chi connectivity index (χ4v) is 1.86. The Morgan fingerprint density at radius 1 is 1.20 bits per heavy atom. The molecule has 0 aromatic heterocycles. The normalized spacial score (nSPS) is 18.1. The molecule has 1 aliphatic rings. The molecule has 15 heavy (non-hydrogen) atoms. The lowest BCUT2D eigenvalue weighted by Gasteiger charge is -2.19. The minimum atomic E-state index is -0.167. The van der Waals surface area contributed by atoms with Gasteiger partial charge in [0.05, 0.1) is 6.42 Å². The van der Waals surface area contributed by atoms with Gasteiger partial charge in [-0.05, 0) is 25.9 Å². The number of rotatable bonds is 5. The Balaban J connectivity index is 2.07. The van der Waals surface area contributed by atoms with Gasteiger partial charge in [-0.25, -0.2) is 0 Å². The lowest BCUT2D eigenvalue weighted by Crippen LogP contribution is -2.35. The summed E-state index contributed by atoms with van der Waals surface area (Å²) in [5, 5.41) is 2.74. The van der Waals surface area contributed by atoms with Crippen LogP contribution < -0.4 is 5.32 Å². The lowest BCUT2D eigenvalue weighted by atomic mass is 10.2. The zero-order valence-electron chi connectivity index (χ0n) is 9.21. The third kappa shape index (κ3) is 5.52. The number of hydrogen-bond acceptors (Lipinski definition) is 3. The number of nitrogens with one attached hydrogen (secondary N) is 1. The maximum Gasteiger partial charge on any atom is 0.227 e. The van der Waals surface area contributed by atoms with Crippen molar-refractivity contribution in [2.24, 2.45) is 0 Å². The molecule has 4 nitrogen and oxygen atoms in total. The highest BCUT2D eigenvalue weighted by atomic mass is 16.2. The molecule has 0 saturated carbocycles. The first-order valence-corrected chi connectivity index (χ1v) is 5.75. The predicted octanol–water partition coefficient (Wildman–Crippen LogP) is 0.568. The van der Waals surface area contributed by atoms with Crippen molar-refractivity contribution < 1.29 is 9.59 Å². The van der Waals surface area contributed by atoms with Gasteiger partial charge in [-0.1, -0.05) is 12.8 Å². The quantitative estimate of drug-likeness (QED) is 0.535. The van der Waals surface area contributed by atoms with E-state index in [1.165, 1.54) is 25.7 Å². The van der Waals surface area contributed by atoms with E-state index in [4.69, 9.17) is 0 Å². The SMILES string of the molecule is O=CCC(=O)NCCN1CCCCCC1. The molecule has 1 aliphatic heterocycles. The largest absolute Gasteiger partial charge is 0.354 e. The molecule has 4 heteroatoms. The lowest BCUT2D eigenvalue weighted by molar-refractivity contribution is -0.123. The van der Waals surface area contributed by atoms with Crippen LogP contribution >= 0.6 is 0 Å². The molecule has 86 valence electrons. The van der Waals surface area contributed by atoms with Crippen LogP contribution in [-0.2, 0) is 9.59 Å². The summed E-state index contributed by atoms with van der Waals surface area (Å²) in [5.74, 6) is -0.167. The third-order valence-corrected chi connectivity index (χ3v) is 2.72. The Hall–Kier alpha value is -0.900. The minimum Gasteiger partial charge on any atom is -0.354 e. The summed E-state index contributed by atoms with van der Waals surface area (Å²) < 4.78 is 0. The van der Waals surface area contributed by atoms with Crippen molar-refractivity contribution in [3.8, 4) is 0 Å². The van der Waals surface area contributed by atoms with E-state index in [2.05, 4.69) is 10.2 Å². The number of hydrogen-bond donors (Lipinski definition) is 1. The second-order valence-electron chi connectivity index (χ2n) is 3.98. The van der Waals surface area contributed by atoms with E-state index < -0.39 is 0 Å². The molecule has 0 aliphatic carbocycles. The Kier molecular flexibility index (Phi) is 6.00. The van der Waals surface area contributed by atoms with Crippen LogP contribution in [-0.4, -0.2) is 43.3 Å². The molecule has 0 bridgehead atoms. The van der Waals surface area contributed by atoms with E-state index in [-0.39, 0.29) is 12.3 Å². The van der Waals surface area contributed by atoms with Gasteiger partial charge in [0.25, 0.3) is 0 Å². The van der Waals surface area contributed by atoms with Gasteiger partial charge in [0.2, 0.25) is 5.91 Å².